The van der Waals surface area contributed by atoms with E-state index in [1.807, 2.05) is 11.7 Å². The molecule has 1 aromatic rings. The molecule has 4 heteroatoms. The number of hydrogen-bond donors (Lipinski definition) is 1. The van der Waals surface area contributed by atoms with E-state index in [1.165, 1.54) is 25.7 Å². The summed E-state index contributed by atoms with van der Waals surface area (Å²) in [5.74, 6) is 2.51. The average molecular weight is 264 g/mol. The molecule has 0 aliphatic heterocycles. The molecule has 0 radical (unpaired) electrons. The highest BCUT2D eigenvalue weighted by atomic mass is 15.3. The highest BCUT2D eigenvalue weighted by Crippen LogP contribution is 2.40. The van der Waals surface area contributed by atoms with Crippen molar-refractivity contribution in [1.29, 1.82) is 0 Å². The van der Waals surface area contributed by atoms with E-state index >= 15 is 0 Å². The van der Waals surface area contributed by atoms with Crippen LogP contribution in [0, 0.1) is 17.3 Å². The van der Waals surface area contributed by atoms with Gasteiger partial charge in [-0.25, -0.2) is 4.98 Å². The lowest BCUT2D eigenvalue weighted by molar-refractivity contribution is 0.139. The third kappa shape index (κ3) is 3.56. The molecule has 1 aliphatic carbocycles. The van der Waals surface area contributed by atoms with E-state index in [-0.39, 0.29) is 6.04 Å². The number of rotatable bonds is 3. The highest BCUT2D eigenvalue weighted by molar-refractivity contribution is 4.92. The topological polar surface area (TPSA) is 56.7 Å². The van der Waals surface area contributed by atoms with E-state index in [9.17, 15) is 0 Å². The molecule has 4 nitrogen and oxygen atoms in total. The van der Waals surface area contributed by atoms with Crippen molar-refractivity contribution in [3.63, 3.8) is 0 Å². The fourth-order valence-electron chi connectivity index (χ4n) is 3.30. The van der Waals surface area contributed by atoms with E-state index < -0.39 is 0 Å². The van der Waals surface area contributed by atoms with Crippen molar-refractivity contribution < 1.29 is 0 Å². The van der Waals surface area contributed by atoms with Gasteiger partial charge in [0.25, 0.3) is 0 Å². The molecule has 1 aliphatic rings. The van der Waals surface area contributed by atoms with Crippen LogP contribution in [-0.2, 0) is 13.5 Å². The molecule has 19 heavy (non-hydrogen) atoms. The van der Waals surface area contributed by atoms with E-state index in [0.29, 0.717) is 11.3 Å². The van der Waals surface area contributed by atoms with Crippen molar-refractivity contribution in [2.75, 3.05) is 0 Å². The van der Waals surface area contributed by atoms with Crippen LogP contribution in [0.5, 0.6) is 0 Å². The van der Waals surface area contributed by atoms with Gasteiger partial charge in [-0.2, -0.15) is 5.10 Å². The molecule has 1 aromatic heterocycles. The first kappa shape index (κ1) is 14.5. The van der Waals surface area contributed by atoms with Crippen LogP contribution in [0.2, 0.25) is 0 Å². The lowest BCUT2D eigenvalue weighted by Gasteiger charge is -2.38. The number of nitrogens with two attached hydrogens (primary N) is 1. The Hall–Kier alpha value is -0.900. The zero-order chi connectivity index (χ0) is 14.0. The van der Waals surface area contributed by atoms with Gasteiger partial charge in [0.15, 0.2) is 0 Å². The van der Waals surface area contributed by atoms with Crippen LogP contribution in [0.3, 0.4) is 0 Å². The van der Waals surface area contributed by atoms with Gasteiger partial charge in [0.1, 0.15) is 12.2 Å². The lowest BCUT2D eigenvalue weighted by atomic mass is 9.68. The predicted molar refractivity (Wildman–Crippen MR) is 77.6 cm³/mol. The van der Waals surface area contributed by atoms with Crippen LogP contribution in [-0.4, -0.2) is 20.8 Å². The maximum atomic E-state index is 6.38. The number of hydrogen-bond acceptors (Lipinski definition) is 3. The summed E-state index contributed by atoms with van der Waals surface area (Å²) in [4.78, 5) is 4.28. The summed E-state index contributed by atoms with van der Waals surface area (Å²) in [5, 5.41) is 4.11. The molecule has 0 bridgehead atoms. The van der Waals surface area contributed by atoms with Gasteiger partial charge in [-0.05, 0) is 42.9 Å². The van der Waals surface area contributed by atoms with Crippen molar-refractivity contribution in [2.45, 2.75) is 58.9 Å². The fourth-order valence-corrected chi connectivity index (χ4v) is 3.30. The first-order chi connectivity index (χ1) is 8.88. The van der Waals surface area contributed by atoms with E-state index in [1.54, 1.807) is 6.33 Å². The summed E-state index contributed by atoms with van der Waals surface area (Å²) in [6.45, 7) is 7.08. The van der Waals surface area contributed by atoms with Gasteiger partial charge >= 0.3 is 0 Å². The van der Waals surface area contributed by atoms with Crippen molar-refractivity contribution in [3.05, 3.63) is 12.2 Å². The van der Waals surface area contributed by atoms with Crippen LogP contribution in [0.25, 0.3) is 0 Å². The predicted octanol–water partition coefficient (Wildman–Crippen LogP) is 2.54. The minimum absolute atomic E-state index is 0.226. The first-order valence-corrected chi connectivity index (χ1v) is 7.46. The zero-order valence-corrected chi connectivity index (χ0v) is 12.8. The molecule has 108 valence electrons. The van der Waals surface area contributed by atoms with Crippen LogP contribution in [0.4, 0.5) is 0 Å². The summed E-state index contributed by atoms with van der Waals surface area (Å²) in [6.07, 6.45) is 7.63. The SMILES string of the molecule is Cn1ncnc1CC(N)C1CCC(C(C)(C)C)CC1. The monoisotopic (exact) mass is 264 g/mol. The van der Waals surface area contributed by atoms with Crippen LogP contribution < -0.4 is 5.73 Å². The Balaban J connectivity index is 1.86. The minimum atomic E-state index is 0.226. The van der Waals surface area contributed by atoms with Crippen LogP contribution in [0.15, 0.2) is 6.33 Å². The number of nitrogens with zero attached hydrogens (tertiary/aromatic N) is 3. The summed E-state index contributed by atoms with van der Waals surface area (Å²) in [6, 6.07) is 0.226. The van der Waals surface area contributed by atoms with Crippen LogP contribution in [0.1, 0.15) is 52.3 Å². The van der Waals surface area contributed by atoms with Crippen molar-refractivity contribution in [3.8, 4) is 0 Å². The maximum Gasteiger partial charge on any atom is 0.138 e. The Labute approximate surface area is 116 Å². The minimum Gasteiger partial charge on any atom is -0.327 e. The van der Waals surface area contributed by atoms with E-state index in [2.05, 4.69) is 30.9 Å². The summed E-state index contributed by atoms with van der Waals surface area (Å²) in [7, 11) is 1.94. The quantitative estimate of drug-likeness (QED) is 0.912. The van der Waals surface area contributed by atoms with Gasteiger partial charge < -0.3 is 5.73 Å². The largest absolute Gasteiger partial charge is 0.327 e. The lowest BCUT2D eigenvalue weighted by Crippen LogP contribution is -2.37. The molecule has 1 unspecified atom stereocenters. The smallest absolute Gasteiger partial charge is 0.138 e. The third-order valence-electron chi connectivity index (χ3n) is 4.83. The first-order valence-electron chi connectivity index (χ1n) is 7.46. The normalized spacial score (nSPS) is 26.4. The molecule has 2 N–H and O–H groups in total. The second-order valence-electron chi connectivity index (χ2n) is 7.15. The van der Waals surface area contributed by atoms with Gasteiger partial charge in [0.2, 0.25) is 0 Å². The van der Waals surface area contributed by atoms with Gasteiger partial charge in [-0.15, -0.1) is 0 Å². The number of aromatic nitrogens is 3. The number of aryl methyl sites for hydroxylation is 1. The third-order valence-corrected chi connectivity index (χ3v) is 4.83. The van der Waals surface area contributed by atoms with Crippen molar-refractivity contribution in [2.24, 2.45) is 30.0 Å². The van der Waals surface area contributed by atoms with Crippen molar-refractivity contribution >= 4 is 0 Å². The Morgan fingerprint density at radius 2 is 1.95 bits per heavy atom. The van der Waals surface area contributed by atoms with Gasteiger partial charge in [-0.1, -0.05) is 20.8 Å². The molecule has 0 amide bonds. The second kappa shape index (κ2) is 5.61. The molecule has 0 spiro atoms. The summed E-state index contributed by atoms with van der Waals surface area (Å²) < 4.78 is 1.83. The summed E-state index contributed by atoms with van der Waals surface area (Å²) in [5.41, 5.74) is 6.83. The Morgan fingerprint density at radius 3 is 2.42 bits per heavy atom. The molecule has 1 saturated carbocycles. The Kier molecular flexibility index (Phi) is 4.29. The van der Waals surface area contributed by atoms with Gasteiger partial charge in [0, 0.05) is 19.5 Å². The molecular formula is C15H28N4. The molecule has 2 rings (SSSR count). The second-order valence-corrected chi connectivity index (χ2v) is 7.15. The Bertz CT molecular complexity index is 397. The van der Waals surface area contributed by atoms with Crippen LogP contribution >= 0.6 is 0 Å². The highest BCUT2D eigenvalue weighted by Gasteiger charge is 2.32. The summed E-state index contributed by atoms with van der Waals surface area (Å²) >= 11 is 0. The molecule has 1 atom stereocenters. The molecule has 0 aromatic carbocycles. The maximum absolute atomic E-state index is 6.38. The van der Waals surface area contributed by atoms with Crippen molar-refractivity contribution in [1.82, 2.24) is 14.8 Å². The molecule has 1 heterocycles. The van der Waals surface area contributed by atoms with E-state index in [4.69, 9.17) is 5.73 Å². The molecular weight excluding hydrogens is 236 g/mol. The van der Waals surface area contributed by atoms with Gasteiger partial charge in [0.05, 0.1) is 0 Å². The standard InChI is InChI=1S/C15H28N4/c1-15(2,3)12-7-5-11(6-8-12)13(16)9-14-17-10-18-19(14)4/h10-13H,5-9,16H2,1-4H3. The fraction of sp³-hybridized carbons (Fsp3) is 0.867. The molecule has 0 saturated heterocycles. The van der Waals surface area contributed by atoms with Gasteiger partial charge in [-0.3, -0.25) is 4.68 Å². The molecule has 1 fully saturated rings. The van der Waals surface area contributed by atoms with E-state index in [0.717, 1.165) is 18.2 Å². The average Bonchev–Trinajstić information content (AvgIpc) is 2.74. The zero-order valence-electron chi connectivity index (χ0n) is 12.8. The Morgan fingerprint density at radius 1 is 1.32 bits per heavy atom.